The highest BCUT2D eigenvalue weighted by Crippen LogP contribution is 2.36. The van der Waals surface area contributed by atoms with Gasteiger partial charge in [-0.3, -0.25) is 14.6 Å². The van der Waals surface area contributed by atoms with E-state index in [1.54, 1.807) is 13.8 Å². The summed E-state index contributed by atoms with van der Waals surface area (Å²) in [4.78, 5) is 43.3. The molecule has 0 fully saturated rings. The number of carbonyl (C=O) groups is 3. The summed E-state index contributed by atoms with van der Waals surface area (Å²) < 4.78 is 4.77. The molecule has 3 rings (SSSR count). The topological polar surface area (TPSA) is 73.3 Å². The Labute approximate surface area is 155 Å². The molecule has 0 saturated heterocycles. The number of ether oxygens (including phenoxy) is 1. The van der Waals surface area contributed by atoms with Crippen LogP contribution in [0.3, 0.4) is 0 Å². The second kappa shape index (κ2) is 6.88. The number of aromatic nitrogens is 1. The molecule has 0 bridgehead atoms. The van der Waals surface area contributed by atoms with Crippen LogP contribution >= 0.6 is 11.8 Å². The van der Waals surface area contributed by atoms with Gasteiger partial charge in [0.15, 0.2) is 5.78 Å². The number of pyridine rings is 1. The molecule has 1 aromatic heterocycles. The quantitative estimate of drug-likeness (QED) is 0.767. The fourth-order valence-electron chi connectivity index (χ4n) is 2.92. The zero-order valence-electron chi connectivity index (χ0n) is 14.9. The SMILES string of the molecule is COC(=O)c1c(C)nc(C)c2c1C(=O)C=C(Sc1ccc(C)cc1)C2=O. The molecule has 0 N–H and O–H groups in total. The lowest BCUT2D eigenvalue weighted by molar-refractivity contribution is 0.0596. The molecule has 132 valence electrons. The molecule has 5 nitrogen and oxygen atoms in total. The van der Waals surface area contributed by atoms with Crippen LogP contribution in [0.4, 0.5) is 0 Å². The summed E-state index contributed by atoms with van der Waals surface area (Å²) >= 11 is 1.23. The van der Waals surface area contributed by atoms with Crippen LogP contribution in [0.2, 0.25) is 0 Å². The minimum atomic E-state index is -0.671. The van der Waals surface area contributed by atoms with Gasteiger partial charge in [-0.15, -0.1) is 0 Å². The molecule has 0 spiro atoms. The van der Waals surface area contributed by atoms with Gasteiger partial charge >= 0.3 is 5.97 Å². The van der Waals surface area contributed by atoms with E-state index in [0.717, 1.165) is 10.5 Å². The average Bonchev–Trinajstić information content (AvgIpc) is 2.60. The Balaban J connectivity index is 2.10. The summed E-state index contributed by atoms with van der Waals surface area (Å²) in [6, 6.07) is 7.68. The molecule has 1 aromatic carbocycles. The maximum atomic E-state index is 13.0. The summed E-state index contributed by atoms with van der Waals surface area (Å²) in [5.74, 6) is -1.36. The van der Waals surface area contributed by atoms with E-state index in [9.17, 15) is 14.4 Å². The largest absolute Gasteiger partial charge is 0.465 e. The molecular weight excluding hydrogens is 350 g/mol. The third-order valence-electron chi connectivity index (χ3n) is 4.16. The van der Waals surface area contributed by atoms with E-state index in [4.69, 9.17) is 4.74 Å². The zero-order chi connectivity index (χ0) is 19.0. The number of thioether (sulfide) groups is 1. The Kier molecular flexibility index (Phi) is 4.78. The fraction of sp³-hybridized carbons (Fsp3) is 0.200. The molecule has 1 heterocycles. The Morgan fingerprint density at radius 2 is 1.65 bits per heavy atom. The third-order valence-corrected chi connectivity index (χ3v) is 5.19. The van der Waals surface area contributed by atoms with E-state index >= 15 is 0 Å². The van der Waals surface area contributed by atoms with Crippen molar-refractivity contribution in [2.45, 2.75) is 25.7 Å². The van der Waals surface area contributed by atoms with Crippen molar-refractivity contribution in [3.63, 3.8) is 0 Å². The monoisotopic (exact) mass is 367 g/mol. The molecule has 6 heteroatoms. The van der Waals surface area contributed by atoms with Gasteiger partial charge in [-0.25, -0.2) is 4.79 Å². The summed E-state index contributed by atoms with van der Waals surface area (Å²) in [5, 5.41) is 0. The summed E-state index contributed by atoms with van der Waals surface area (Å²) in [6.45, 7) is 5.26. The number of fused-ring (bicyclic) bond motifs is 1. The minimum Gasteiger partial charge on any atom is -0.465 e. The van der Waals surface area contributed by atoms with Crippen LogP contribution in [0, 0.1) is 20.8 Å². The maximum Gasteiger partial charge on any atom is 0.340 e. The number of methoxy groups -OCH3 is 1. The van der Waals surface area contributed by atoms with Crippen molar-refractivity contribution in [2.24, 2.45) is 0 Å². The molecule has 2 aromatic rings. The maximum absolute atomic E-state index is 13.0. The first-order valence-corrected chi connectivity index (χ1v) is 8.80. The molecular formula is C20H17NO4S. The number of ketones is 2. The number of esters is 1. The van der Waals surface area contributed by atoms with Crippen LogP contribution in [-0.2, 0) is 4.74 Å². The highest BCUT2D eigenvalue weighted by atomic mass is 32.2. The van der Waals surface area contributed by atoms with Gasteiger partial charge in [0.2, 0.25) is 5.78 Å². The number of hydrogen-bond acceptors (Lipinski definition) is 6. The van der Waals surface area contributed by atoms with Crippen LogP contribution in [0.5, 0.6) is 0 Å². The number of aryl methyl sites for hydroxylation is 3. The Hall–Kier alpha value is -2.73. The molecule has 1 aliphatic rings. The van der Waals surface area contributed by atoms with Gasteiger partial charge < -0.3 is 4.74 Å². The van der Waals surface area contributed by atoms with Crippen LogP contribution in [0.1, 0.15) is 48.0 Å². The zero-order valence-corrected chi connectivity index (χ0v) is 15.7. The first kappa shape index (κ1) is 18.1. The molecule has 1 aliphatic carbocycles. The molecule has 0 unspecified atom stereocenters. The Morgan fingerprint density at radius 1 is 1.00 bits per heavy atom. The number of Topliss-reactive ketones (excluding diaryl/α,β-unsaturated/α-hetero) is 1. The molecule has 0 atom stereocenters. The summed E-state index contributed by atoms with van der Waals surface area (Å²) in [6.07, 6.45) is 1.29. The predicted octanol–water partition coefficient (Wildman–Crippen LogP) is 3.85. The first-order chi connectivity index (χ1) is 12.3. The second-order valence-corrected chi connectivity index (χ2v) is 7.13. The molecule has 0 saturated carbocycles. The highest BCUT2D eigenvalue weighted by molar-refractivity contribution is 8.04. The van der Waals surface area contributed by atoms with Crippen molar-refractivity contribution in [3.05, 3.63) is 68.9 Å². The van der Waals surface area contributed by atoms with Gasteiger partial charge in [0.1, 0.15) is 0 Å². The van der Waals surface area contributed by atoms with Crippen molar-refractivity contribution in [3.8, 4) is 0 Å². The van der Waals surface area contributed by atoms with E-state index in [-0.39, 0.29) is 28.3 Å². The lowest BCUT2D eigenvalue weighted by Gasteiger charge is -2.20. The second-order valence-electron chi connectivity index (χ2n) is 6.02. The minimum absolute atomic E-state index is 0.0575. The number of benzene rings is 1. The first-order valence-electron chi connectivity index (χ1n) is 7.98. The van der Waals surface area contributed by atoms with Gasteiger partial charge in [-0.1, -0.05) is 29.5 Å². The predicted molar refractivity (Wildman–Crippen MR) is 98.8 cm³/mol. The van der Waals surface area contributed by atoms with Gasteiger partial charge in [-0.05, 0) is 32.9 Å². The Morgan fingerprint density at radius 3 is 2.27 bits per heavy atom. The van der Waals surface area contributed by atoms with Crippen LogP contribution in [-0.4, -0.2) is 29.6 Å². The lowest BCUT2D eigenvalue weighted by atomic mass is 9.89. The summed E-state index contributed by atoms with van der Waals surface area (Å²) in [7, 11) is 1.23. The van der Waals surface area contributed by atoms with Crippen molar-refractivity contribution >= 4 is 29.3 Å². The van der Waals surface area contributed by atoms with E-state index in [0.29, 0.717) is 16.3 Å². The Bertz CT molecular complexity index is 974. The number of nitrogens with zero attached hydrogens (tertiary/aromatic N) is 1. The molecule has 26 heavy (non-hydrogen) atoms. The van der Waals surface area contributed by atoms with Crippen molar-refractivity contribution < 1.29 is 19.1 Å². The number of hydrogen-bond donors (Lipinski definition) is 0. The standard InChI is InChI=1S/C20H17NO4S/c1-10-5-7-13(8-6-10)26-15-9-14(22)18-16(19(15)23)11(2)21-12(3)17(18)20(24)25-4/h5-9H,1-4H3. The summed E-state index contributed by atoms with van der Waals surface area (Å²) in [5.41, 5.74) is 2.23. The van der Waals surface area contributed by atoms with Crippen molar-refractivity contribution in [1.82, 2.24) is 4.98 Å². The third kappa shape index (κ3) is 3.08. The molecule has 0 aliphatic heterocycles. The average molecular weight is 367 g/mol. The van der Waals surface area contributed by atoms with Crippen molar-refractivity contribution in [1.29, 1.82) is 0 Å². The van der Waals surface area contributed by atoms with Crippen LogP contribution in [0.25, 0.3) is 0 Å². The lowest BCUT2D eigenvalue weighted by Crippen LogP contribution is -2.24. The van der Waals surface area contributed by atoms with Crippen LogP contribution in [0.15, 0.2) is 40.1 Å². The van der Waals surface area contributed by atoms with Crippen molar-refractivity contribution in [2.75, 3.05) is 7.11 Å². The van der Waals surface area contributed by atoms with Gasteiger partial charge in [-0.2, -0.15) is 0 Å². The van der Waals surface area contributed by atoms with Gasteiger partial charge in [0.25, 0.3) is 0 Å². The van der Waals surface area contributed by atoms with Gasteiger partial charge in [0, 0.05) is 16.7 Å². The smallest absolute Gasteiger partial charge is 0.340 e. The van der Waals surface area contributed by atoms with E-state index in [2.05, 4.69) is 4.98 Å². The van der Waals surface area contributed by atoms with E-state index in [1.165, 1.54) is 24.9 Å². The van der Waals surface area contributed by atoms with Gasteiger partial charge in [0.05, 0.1) is 34.4 Å². The fourth-order valence-corrected chi connectivity index (χ4v) is 3.80. The normalized spacial score (nSPS) is 13.3. The van der Waals surface area contributed by atoms with E-state index in [1.807, 2.05) is 31.2 Å². The number of rotatable bonds is 3. The number of carbonyl (C=O) groups excluding carboxylic acids is 3. The van der Waals surface area contributed by atoms with Crippen LogP contribution < -0.4 is 0 Å². The molecule has 0 radical (unpaired) electrons. The highest BCUT2D eigenvalue weighted by Gasteiger charge is 2.34. The number of allylic oxidation sites excluding steroid dienone is 2. The molecule has 0 amide bonds. The van der Waals surface area contributed by atoms with E-state index < -0.39 is 5.97 Å².